The highest BCUT2D eigenvalue weighted by molar-refractivity contribution is 7.13. The van der Waals surface area contributed by atoms with E-state index in [2.05, 4.69) is 4.98 Å². The Balaban J connectivity index is 1.86. The Bertz CT molecular complexity index is 986. The minimum absolute atomic E-state index is 0.101. The van der Waals surface area contributed by atoms with E-state index in [4.69, 9.17) is 16.3 Å². The maximum Gasteiger partial charge on any atom is 0.194 e. The number of carbonyl (C=O) groups is 1. The average molecular weight is 413 g/mol. The highest BCUT2D eigenvalue weighted by atomic mass is 35.5. The minimum Gasteiger partial charge on any atom is -0.550 e. The molecule has 27 heavy (non-hydrogen) atoms. The van der Waals surface area contributed by atoms with Gasteiger partial charge in [0.1, 0.15) is 17.4 Å². The highest BCUT2D eigenvalue weighted by Crippen LogP contribution is 2.35. The molecule has 140 valence electrons. The molecule has 0 N–H and O–H groups in total. The molecule has 0 spiro atoms. The Kier molecular flexibility index (Phi) is 5.67. The van der Waals surface area contributed by atoms with Crippen LogP contribution < -0.4 is 9.84 Å². The molecule has 2 aromatic carbocycles. The van der Waals surface area contributed by atoms with Crippen LogP contribution in [0.4, 0.5) is 13.2 Å². The number of ether oxygens (including phenoxy) is 1. The zero-order valence-electron chi connectivity index (χ0n) is 13.5. The fourth-order valence-corrected chi connectivity index (χ4v) is 3.32. The number of halogens is 4. The molecule has 0 amide bonds. The van der Waals surface area contributed by atoms with Gasteiger partial charge in [-0.25, -0.2) is 18.2 Å². The van der Waals surface area contributed by atoms with Crippen LogP contribution in [0.5, 0.6) is 5.75 Å². The summed E-state index contributed by atoms with van der Waals surface area (Å²) in [6.45, 7) is -0.222. The van der Waals surface area contributed by atoms with Gasteiger partial charge in [-0.2, -0.15) is 0 Å². The van der Waals surface area contributed by atoms with E-state index in [9.17, 15) is 23.1 Å². The number of rotatable bonds is 6. The van der Waals surface area contributed by atoms with Crippen LogP contribution in [-0.2, 0) is 17.8 Å². The Labute approximate surface area is 160 Å². The number of benzene rings is 2. The van der Waals surface area contributed by atoms with Crippen molar-refractivity contribution in [2.24, 2.45) is 0 Å². The van der Waals surface area contributed by atoms with Gasteiger partial charge in [-0.1, -0.05) is 11.6 Å². The molecular weight excluding hydrogens is 403 g/mol. The monoisotopic (exact) mass is 412 g/mol. The molecule has 0 saturated heterocycles. The van der Waals surface area contributed by atoms with Gasteiger partial charge in [0.2, 0.25) is 0 Å². The number of hydrogen-bond donors (Lipinski definition) is 0. The normalized spacial score (nSPS) is 10.8. The van der Waals surface area contributed by atoms with Gasteiger partial charge < -0.3 is 14.6 Å². The van der Waals surface area contributed by atoms with E-state index in [0.29, 0.717) is 27.0 Å². The first-order chi connectivity index (χ1) is 12.8. The van der Waals surface area contributed by atoms with Crippen molar-refractivity contribution in [3.8, 4) is 16.3 Å². The number of hydrogen-bond acceptors (Lipinski definition) is 5. The molecule has 4 nitrogen and oxygen atoms in total. The molecule has 1 aromatic heterocycles. The minimum atomic E-state index is -1.55. The zero-order chi connectivity index (χ0) is 19.6. The van der Waals surface area contributed by atoms with Crippen LogP contribution in [-0.4, -0.2) is 11.0 Å². The van der Waals surface area contributed by atoms with Crippen LogP contribution >= 0.6 is 22.9 Å². The lowest BCUT2D eigenvalue weighted by atomic mass is 10.2. The summed E-state index contributed by atoms with van der Waals surface area (Å²) in [6, 6.07) is 6.37. The van der Waals surface area contributed by atoms with E-state index in [1.807, 2.05) is 0 Å². The second-order valence-electron chi connectivity index (χ2n) is 5.50. The molecule has 3 rings (SSSR count). The molecule has 0 aliphatic heterocycles. The molecule has 0 saturated carbocycles. The highest BCUT2D eigenvalue weighted by Gasteiger charge is 2.14. The summed E-state index contributed by atoms with van der Waals surface area (Å²) in [6.07, 6.45) is -0.332. The summed E-state index contributed by atoms with van der Waals surface area (Å²) in [5.74, 6) is -5.10. The summed E-state index contributed by atoms with van der Waals surface area (Å²) in [4.78, 5) is 14.9. The number of carboxylic acid groups (broad SMARTS) is 1. The van der Waals surface area contributed by atoms with Crippen LogP contribution in [0, 0.1) is 17.5 Å². The summed E-state index contributed by atoms with van der Waals surface area (Å²) < 4.78 is 45.3. The summed E-state index contributed by atoms with van der Waals surface area (Å²) in [5, 5.41) is 13.1. The van der Waals surface area contributed by atoms with Crippen LogP contribution in [0.2, 0.25) is 5.02 Å². The van der Waals surface area contributed by atoms with E-state index < -0.39 is 23.4 Å². The predicted molar refractivity (Wildman–Crippen MR) is 91.9 cm³/mol. The van der Waals surface area contributed by atoms with Gasteiger partial charge in [-0.3, -0.25) is 0 Å². The van der Waals surface area contributed by atoms with Gasteiger partial charge in [0.25, 0.3) is 0 Å². The predicted octanol–water partition coefficient (Wildman–Crippen LogP) is 3.75. The number of thiazole rings is 1. The molecular formula is C18H10ClF3NO3S-. The van der Waals surface area contributed by atoms with Crippen molar-refractivity contribution in [2.75, 3.05) is 0 Å². The molecule has 0 fully saturated rings. The van der Waals surface area contributed by atoms with Gasteiger partial charge in [0.15, 0.2) is 17.5 Å². The maximum atomic E-state index is 13.3. The maximum absolute atomic E-state index is 13.3. The first-order valence-corrected chi connectivity index (χ1v) is 8.79. The van der Waals surface area contributed by atoms with Gasteiger partial charge in [-0.15, -0.1) is 11.3 Å². The van der Waals surface area contributed by atoms with Crippen molar-refractivity contribution in [3.63, 3.8) is 0 Å². The number of carboxylic acids is 1. The fraction of sp³-hybridized carbons (Fsp3) is 0.111. The Hall–Kier alpha value is -2.58. The van der Waals surface area contributed by atoms with Crippen molar-refractivity contribution in [1.82, 2.24) is 4.98 Å². The lowest BCUT2D eigenvalue weighted by Gasteiger charge is -2.11. The Morgan fingerprint density at radius 1 is 1.19 bits per heavy atom. The first kappa shape index (κ1) is 19.2. The summed E-state index contributed by atoms with van der Waals surface area (Å²) >= 11 is 7.20. The summed E-state index contributed by atoms with van der Waals surface area (Å²) in [5.41, 5.74) is 0.910. The van der Waals surface area contributed by atoms with E-state index in [0.717, 1.165) is 12.1 Å². The Morgan fingerprint density at radius 3 is 2.56 bits per heavy atom. The smallest absolute Gasteiger partial charge is 0.194 e. The van der Waals surface area contributed by atoms with Crippen LogP contribution in [0.15, 0.2) is 35.7 Å². The molecule has 0 bridgehead atoms. The van der Waals surface area contributed by atoms with Crippen molar-refractivity contribution in [1.29, 1.82) is 0 Å². The quantitative estimate of drug-likeness (QED) is 0.578. The Morgan fingerprint density at radius 2 is 1.89 bits per heavy atom. The average Bonchev–Trinajstić information content (AvgIpc) is 3.06. The second-order valence-corrected chi connectivity index (χ2v) is 6.79. The third kappa shape index (κ3) is 4.58. The molecule has 1 heterocycles. The van der Waals surface area contributed by atoms with Crippen LogP contribution in [0.25, 0.3) is 10.6 Å². The third-order valence-corrected chi connectivity index (χ3v) is 4.65. The molecule has 9 heteroatoms. The molecule has 0 radical (unpaired) electrons. The van der Waals surface area contributed by atoms with E-state index >= 15 is 0 Å². The second kappa shape index (κ2) is 7.98. The molecule has 0 unspecified atom stereocenters. The topological polar surface area (TPSA) is 62.2 Å². The van der Waals surface area contributed by atoms with E-state index in [1.165, 1.54) is 11.3 Å². The fourth-order valence-electron chi connectivity index (χ4n) is 2.31. The SMILES string of the molecule is O=C([O-])Cc1csc(-c2cc(Cl)ccc2OCc2cc(F)c(F)c(F)c2)n1. The number of aliphatic carboxylic acids is 1. The van der Waals surface area contributed by atoms with Gasteiger partial charge >= 0.3 is 0 Å². The number of carbonyl (C=O) groups excluding carboxylic acids is 1. The molecule has 0 atom stereocenters. The third-order valence-electron chi connectivity index (χ3n) is 3.49. The lowest BCUT2D eigenvalue weighted by Crippen LogP contribution is -2.24. The molecule has 0 aliphatic carbocycles. The van der Waals surface area contributed by atoms with Crippen molar-refractivity contribution in [3.05, 3.63) is 69.4 Å². The molecule has 0 aliphatic rings. The van der Waals surface area contributed by atoms with E-state index in [1.54, 1.807) is 23.6 Å². The van der Waals surface area contributed by atoms with Crippen LogP contribution in [0.1, 0.15) is 11.3 Å². The largest absolute Gasteiger partial charge is 0.550 e. The van der Waals surface area contributed by atoms with E-state index in [-0.39, 0.29) is 18.6 Å². The van der Waals surface area contributed by atoms with Crippen LogP contribution in [0.3, 0.4) is 0 Å². The summed E-state index contributed by atoms with van der Waals surface area (Å²) in [7, 11) is 0. The standard InChI is InChI=1S/C18H11ClF3NO3S/c19-10-1-2-15(26-7-9-3-13(20)17(22)14(21)4-9)12(5-10)18-23-11(8-27-18)6-16(24)25/h1-5,8H,6-7H2,(H,24,25)/p-1. The lowest BCUT2D eigenvalue weighted by molar-refractivity contribution is -0.304. The number of aromatic nitrogens is 1. The number of nitrogens with zero attached hydrogens (tertiary/aromatic N) is 1. The zero-order valence-corrected chi connectivity index (χ0v) is 15.0. The molecule has 3 aromatic rings. The van der Waals surface area contributed by atoms with Crippen molar-refractivity contribution < 1.29 is 27.8 Å². The van der Waals surface area contributed by atoms with Crippen molar-refractivity contribution >= 4 is 28.9 Å². The van der Waals surface area contributed by atoms with Gasteiger partial charge in [0, 0.05) is 22.8 Å². The van der Waals surface area contributed by atoms with Gasteiger partial charge in [0.05, 0.1) is 11.3 Å². The van der Waals surface area contributed by atoms with Crippen molar-refractivity contribution in [2.45, 2.75) is 13.0 Å². The first-order valence-electron chi connectivity index (χ1n) is 7.54. The van der Waals surface area contributed by atoms with Gasteiger partial charge in [-0.05, 0) is 35.9 Å².